The first-order valence-corrected chi connectivity index (χ1v) is 9.41. The molecule has 0 unspecified atom stereocenters. The Balaban J connectivity index is 1.50. The number of aromatic nitrogens is 2. The van der Waals surface area contributed by atoms with Crippen LogP contribution in [0.3, 0.4) is 0 Å². The Hall–Kier alpha value is -2.87. The summed E-state index contributed by atoms with van der Waals surface area (Å²) in [5.41, 5.74) is 2.26. The van der Waals surface area contributed by atoms with E-state index < -0.39 is 4.92 Å². The number of thioether (sulfide) groups is 1. The summed E-state index contributed by atoms with van der Waals surface area (Å²) in [6.07, 6.45) is 0. The molecule has 0 spiro atoms. The molecule has 1 aromatic heterocycles. The lowest BCUT2D eigenvalue weighted by molar-refractivity contribution is -0.384. The van der Waals surface area contributed by atoms with Crippen LogP contribution < -0.4 is 4.74 Å². The fourth-order valence-corrected chi connectivity index (χ4v) is 3.04. The molecule has 8 heteroatoms. The quantitative estimate of drug-likeness (QED) is 0.307. The third-order valence-corrected chi connectivity index (χ3v) is 4.76. The van der Waals surface area contributed by atoms with Crippen LogP contribution in [-0.2, 0) is 12.4 Å². The molecule has 0 aliphatic carbocycles. The standard InChI is InChI=1S/C19H19N3O4S/c1-13(2)15-5-9-17(10-6-15)25-11-18-20-21-19(26-18)27-12-14-3-7-16(8-4-14)22(23)24/h3-10,13H,11-12H2,1-2H3. The van der Waals surface area contributed by atoms with Crippen molar-refractivity contribution in [2.24, 2.45) is 0 Å². The van der Waals surface area contributed by atoms with Crippen molar-refractivity contribution < 1.29 is 14.1 Å². The molecule has 3 aromatic rings. The average Bonchev–Trinajstić information content (AvgIpc) is 3.13. The maximum Gasteiger partial charge on any atom is 0.277 e. The Morgan fingerprint density at radius 1 is 1.11 bits per heavy atom. The Bertz CT molecular complexity index is 892. The van der Waals surface area contributed by atoms with Crippen molar-refractivity contribution in [1.82, 2.24) is 10.2 Å². The zero-order chi connectivity index (χ0) is 19.2. The zero-order valence-electron chi connectivity index (χ0n) is 15.0. The predicted octanol–water partition coefficient (Wildman–Crippen LogP) is 4.97. The average molecular weight is 385 g/mol. The third-order valence-electron chi connectivity index (χ3n) is 3.87. The van der Waals surface area contributed by atoms with Gasteiger partial charge in [0.25, 0.3) is 16.8 Å². The fraction of sp³-hybridized carbons (Fsp3) is 0.263. The van der Waals surface area contributed by atoms with Crippen molar-refractivity contribution in [3.63, 3.8) is 0 Å². The highest BCUT2D eigenvalue weighted by molar-refractivity contribution is 7.98. The molecule has 0 N–H and O–H groups in total. The number of ether oxygens (including phenoxy) is 1. The Morgan fingerprint density at radius 3 is 2.44 bits per heavy atom. The molecule has 0 atom stereocenters. The minimum absolute atomic E-state index is 0.0717. The van der Waals surface area contributed by atoms with Gasteiger partial charge in [-0.3, -0.25) is 10.1 Å². The Morgan fingerprint density at radius 2 is 1.81 bits per heavy atom. The lowest BCUT2D eigenvalue weighted by Crippen LogP contribution is -1.96. The van der Waals surface area contributed by atoms with Crippen LogP contribution in [0, 0.1) is 10.1 Å². The summed E-state index contributed by atoms with van der Waals surface area (Å²) in [5.74, 6) is 2.20. The monoisotopic (exact) mass is 385 g/mol. The van der Waals surface area contributed by atoms with E-state index in [9.17, 15) is 10.1 Å². The second-order valence-corrected chi connectivity index (χ2v) is 7.11. The summed E-state index contributed by atoms with van der Waals surface area (Å²) in [7, 11) is 0. The molecule has 0 aliphatic heterocycles. The third kappa shape index (κ3) is 5.30. The van der Waals surface area contributed by atoms with E-state index in [4.69, 9.17) is 9.15 Å². The number of nitro benzene ring substituents is 1. The highest BCUT2D eigenvalue weighted by Crippen LogP contribution is 2.24. The van der Waals surface area contributed by atoms with Gasteiger partial charge in [0.15, 0.2) is 6.61 Å². The van der Waals surface area contributed by atoms with Gasteiger partial charge in [0.05, 0.1) is 4.92 Å². The van der Waals surface area contributed by atoms with Crippen LogP contribution >= 0.6 is 11.8 Å². The Labute approximate surface area is 160 Å². The van der Waals surface area contributed by atoms with E-state index in [0.29, 0.717) is 22.8 Å². The van der Waals surface area contributed by atoms with Gasteiger partial charge in [-0.15, -0.1) is 10.2 Å². The van der Waals surface area contributed by atoms with E-state index in [1.54, 1.807) is 12.1 Å². The van der Waals surface area contributed by atoms with Crippen molar-refractivity contribution in [3.8, 4) is 5.75 Å². The number of benzene rings is 2. The largest absolute Gasteiger partial charge is 0.484 e. The van der Waals surface area contributed by atoms with Crippen molar-refractivity contribution in [3.05, 3.63) is 75.7 Å². The lowest BCUT2D eigenvalue weighted by atomic mass is 10.0. The van der Waals surface area contributed by atoms with Crippen molar-refractivity contribution in [2.75, 3.05) is 0 Å². The van der Waals surface area contributed by atoms with E-state index in [1.807, 2.05) is 24.3 Å². The van der Waals surface area contributed by atoms with Gasteiger partial charge >= 0.3 is 0 Å². The van der Waals surface area contributed by atoms with E-state index in [-0.39, 0.29) is 12.3 Å². The van der Waals surface area contributed by atoms with Gasteiger partial charge < -0.3 is 9.15 Å². The summed E-state index contributed by atoms with van der Waals surface area (Å²) >= 11 is 1.37. The zero-order valence-corrected chi connectivity index (χ0v) is 15.8. The van der Waals surface area contributed by atoms with E-state index >= 15 is 0 Å². The molecule has 0 fully saturated rings. The number of hydrogen-bond donors (Lipinski definition) is 0. The molecule has 0 saturated carbocycles. The molecule has 27 heavy (non-hydrogen) atoms. The van der Waals surface area contributed by atoms with Gasteiger partial charge in [0.2, 0.25) is 0 Å². The van der Waals surface area contributed by atoms with Gasteiger partial charge in [0, 0.05) is 17.9 Å². The Kier molecular flexibility index (Phi) is 6.08. The minimum atomic E-state index is -0.419. The number of rotatable bonds is 8. The maximum atomic E-state index is 10.7. The molecule has 0 aliphatic rings. The van der Waals surface area contributed by atoms with Crippen molar-refractivity contribution in [1.29, 1.82) is 0 Å². The van der Waals surface area contributed by atoms with Gasteiger partial charge in [-0.2, -0.15) is 0 Å². The number of nitrogens with zero attached hydrogens (tertiary/aromatic N) is 3. The molecule has 0 radical (unpaired) electrons. The molecular weight excluding hydrogens is 366 g/mol. The first-order chi connectivity index (χ1) is 13.0. The van der Waals surface area contributed by atoms with Crippen molar-refractivity contribution >= 4 is 17.4 Å². The van der Waals surface area contributed by atoms with Gasteiger partial charge in [-0.1, -0.05) is 49.9 Å². The second-order valence-electron chi connectivity index (χ2n) is 6.19. The summed E-state index contributed by atoms with van der Waals surface area (Å²) in [5, 5.41) is 19.1. The van der Waals surface area contributed by atoms with Crippen LogP contribution in [-0.4, -0.2) is 15.1 Å². The summed E-state index contributed by atoms with van der Waals surface area (Å²) in [6, 6.07) is 14.3. The van der Waals surface area contributed by atoms with Crippen molar-refractivity contribution in [2.45, 2.75) is 37.3 Å². The van der Waals surface area contributed by atoms with Crippen LogP contribution in [0.15, 0.2) is 58.2 Å². The van der Waals surface area contributed by atoms with Gasteiger partial charge in [0.1, 0.15) is 5.75 Å². The smallest absolute Gasteiger partial charge is 0.277 e. The van der Waals surface area contributed by atoms with Crippen LogP contribution in [0.2, 0.25) is 0 Å². The van der Waals surface area contributed by atoms with E-state index in [2.05, 4.69) is 24.0 Å². The SMILES string of the molecule is CC(C)c1ccc(OCc2nnc(SCc3ccc([N+](=O)[O-])cc3)o2)cc1. The number of non-ortho nitro benzene ring substituents is 1. The van der Waals surface area contributed by atoms with E-state index in [1.165, 1.54) is 29.5 Å². The van der Waals surface area contributed by atoms with Crippen LogP contribution in [0.4, 0.5) is 5.69 Å². The molecule has 1 heterocycles. The normalized spacial score (nSPS) is 10.9. The fourth-order valence-electron chi connectivity index (χ4n) is 2.31. The van der Waals surface area contributed by atoms with Crippen LogP contribution in [0.1, 0.15) is 36.8 Å². The molecule has 2 aromatic carbocycles. The van der Waals surface area contributed by atoms with Gasteiger partial charge in [-0.05, 0) is 29.2 Å². The first-order valence-electron chi connectivity index (χ1n) is 8.42. The summed E-state index contributed by atoms with van der Waals surface area (Å²) in [6.45, 7) is 4.49. The molecule has 7 nitrogen and oxygen atoms in total. The summed E-state index contributed by atoms with van der Waals surface area (Å²) < 4.78 is 11.2. The molecule has 3 rings (SSSR count). The highest BCUT2D eigenvalue weighted by atomic mass is 32.2. The topological polar surface area (TPSA) is 91.3 Å². The van der Waals surface area contributed by atoms with E-state index in [0.717, 1.165) is 11.3 Å². The molecule has 0 amide bonds. The summed E-state index contributed by atoms with van der Waals surface area (Å²) in [4.78, 5) is 10.2. The molecule has 0 saturated heterocycles. The predicted molar refractivity (Wildman–Crippen MR) is 102 cm³/mol. The number of hydrogen-bond acceptors (Lipinski definition) is 7. The van der Waals surface area contributed by atoms with Crippen LogP contribution in [0.25, 0.3) is 0 Å². The number of nitro groups is 1. The van der Waals surface area contributed by atoms with Gasteiger partial charge in [-0.25, -0.2) is 0 Å². The lowest BCUT2D eigenvalue weighted by Gasteiger charge is -2.07. The highest BCUT2D eigenvalue weighted by Gasteiger charge is 2.09. The maximum absolute atomic E-state index is 10.7. The molecule has 140 valence electrons. The molecule has 0 bridgehead atoms. The first kappa shape index (κ1) is 18.9. The van der Waals surface area contributed by atoms with Crippen LogP contribution in [0.5, 0.6) is 5.75 Å². The second kappa shape index (κ2) is 8.68. The molecular formula is C19H19N3O4S. The minimum Gasteiger partial charge on any atom is -0.484 e.